The molecule has 1 aliphatic carbocycles. The summed E-state index contributed by atoms with van der Waals surface area (Å²) in [6.07, 6.45) is 3.72. The van der Waals surface area contributed by atoms with Crippen molar-refractivity contribution in [3.63, 3.8) is 0 Å². The molecule has 0 bridgehead atoms. The van der Waals surface area contributed by atoms with E-state index in [1.807, 2.05) is 0 Å². The highest BCUT2D eigenvalue weighted by molar-refractivity contribution is 5.29. The zero-order chi connectivity index (χ0) is 13.8. The molecule has 1 aliphatic rings. The van der Waals surface area contributed by atoms with Crippen LogP contribution in [0.25, 0.3) is 0 Å². The average Bonchev–Trinajstić information content (AvgIpc) is 3.16. The highest BCUT2D eigenvalue weighted by Gasteiger charge is 2.36. The smallest absolute Gasteiger partial charge is 0.0772 e. The van der Waals surface area contributed by atoms with Crippen molar-refractivity contribution in [1.82, 2.24) is 5.43 Å². The first-order valence-electron chi connectivity index (χ1n) is 7.29. The zero-order valence-electron chi connectivity index (χ0n) is 12.3. The van der Waals surface area contributed by atoms with Crippen molar-refractivity contribution in [2.24, 2.45) is 11.8 Å². The van der Waals surface area contributed by atoms with Crippen molar-refractivity contribution in [3.05, 3.63) is 34.9 Å². The van der Waals surface area contributed by atoms with Crippen LogP contribution in [0, 0.1) is 19.8 Å². The van der Waals surface area contributed by atoms with Crippen molar-refractivity contribution in [2.45, 2.75) is 52.2 Å². The maximum atomic E-state index is 5.91. The van der Waals surface area contributed by atoms with Crippen molar-refractivity contribution in [3.8, 4) is 0 Å². The number of rotatable bonds is 7. The van der Waals surface area contributed by atoms with Crippen LogP contribution in [-0.4, -0.2) is 18.8 Å². The molecule has 3 nitrogen and oxygen atoms in total. The summed E-state index contributed by atoms with van der Waals surface area (Å²) in [6, 6.07) is 6.89. The first-order chi connectivity index (χ1) is 9.13. The molecule has 0 heterocycles. The Morgan fingerprint density at radius 1 is 1.26 bits per heavy atom. The first-order valence-corrected chi connectivity index (χ1v) is 7.29. The molecule has 2 unspecified atom stereocenters. The quantitative estimate of drug-likeness (QED) is 0.586. The van der Waals surface area contributed by atoms with Gasteiger partial charge in [-0.3, -0.25) is 11.3 Å². The fraction of sp³-hybridized carbons (Fsp3) is 0.625. The van der Waals surface area contributed by atoms with Crippen molar-refractivity contribution >= 4 is 0 Å². The Morgan fingerprint density at radius 3 is 2.37 bits per heavy atom. The molecule has 3 N–H and O–H groups in total. The lowest BCUT2D eigenvalue weighted by Gasteiger charge is -2.26. The van der Waals surface area contributed by atoms with Gasteiger partial charge >= 0.3 is 0 Å². The molecule has 1 fully saturated rings. The van der Waals surface area contributed by atoms with E-state index in [0.717, 1.165) is 13.0 Å². The highest BCUT2D eigenvalue weighted by Crippen LogP contribution is 2.36. The monoisotopic (exact) mass is 262 g/mol. The van der Waals surface area contributed by atoms with E-state index in [0.29, 0.717) is 5.92 Å². The van der Waals surface area contributed by atoms with Crippen LogP contribution in [0.1, 0.15) is 36.5 Å². The summed E-state index contributed by atoms with van der Waals surface area (Å²) in [5.74, 6) is 6.45. The van der Waals surface area contributed by atoms with Crippen LogP contribution in [0.3, 0.4) is 0 Å². The largest absolute Gasteiger partial charge is 0.377 e. The van der Waals surface area contributed by atoms with Gasteiger partial charge in [-0.25, -0.2) is 0 Å². The van der Waals surface area contributed by atoms with Crippen molar-refractivity contribution < 1.29 is 4.74 Å². The van der Waals surface area contributed by atoms with Gasteiger partial charge in [0.05, 0.1) is 12.1 Å². The lowest BCUT2D eigenvalue weighted by Crippen LogP contribution is -2.47. The highest BCUT2D eigenvalue weighted by atomic mass is 16.5. The number of nitrogens with two attached hydrogens (primary N) is 1. The summed E-state index contributed by atoms with van der Waals surface area (Å²) >= 11 is 0. The fourth-order valence-electron chi connectivity index (χ4n) is 2.91. The molecule has 2 rings (SSSR count). The molecule has 0 saturated heterocycles. The van der Waals surface area contributed by atoms with Gasteiger partial charge < -0.3 is 4.74 Å². The molecule has 0 aliphatic heterocycles. The van der Waals surface area contributed by atoms with Crippen molar-refractivity contribution in [2.75, 3.05) is 6.61 Å². The number of hydrazine groups is 1. The molecular weight excluding hydrogens is 236 g/mol. The van der Waals surface area contributed by atoms with Gasteiger partial charge in [0.25, 0.3) is 0 Å². The molecule has 0 spiro atoms. The van der Waals surface area contributed by atoms with E-state index in [1.54, 1.807) is 0 Å². The number of aryl methyl sites for hydroxylation is 2. The second-order valence-corrected chi connectivity index (χ2v) is 5.73. The topological polar surface area (TPSA) is 47.3 Å². The predicted molar refractivity (Wildman–Crippen MR) is 78.9 cm³/mol. The van der Waals surface area contributed by atoms with Crippen LogP contribution in [0.5, 0.6) is 0 Å². The molecule has 19 heavy (non-hydrogen) atoms. The average molecular weight is 262 g/mol. The van der Waals surface area contributed by atoms with E-state index in [4.69, 9.17) is 10.6 Å². The van der Waals surface area contributed by atoms with Crippen LogP contribution in [0.15, 0.2) is 18.2 Å². The zero-order valence-corrected chi connectivity index (χ0v) is 12.3. The molecular formula is C16H26N2O. The summed E-state index contributed by atoms with van der Waals surface area (Å²) in [5.41, 5.74) is 6.93. The molecule has 106 valence electrons. The van der Waals surface area contributed by atoms with Crippen LogP contribution >= 0.6 is 0 Å². The Bertz CT molecular complexity index is 395. The molecule has 1 aromatic rings. The Labute approximate surface area is 116 Å². The van der Waals surface area contributed by atoms with Gasteiger partial charge in [0, 0.05) is 6.61 Å². The van der Waals surface area contributed by atoms with Crippen LogP contribution < -0.4 is 11.3 Å². The maximum Gasteiger partial charge on any atom is 0.0772 e. The van der Waals surface area contributed by atoms with Gasteiger partial charge in [0.2, 0.25) is 0 Å². The number of benzene rings is 1. The summed E-state index contributed by atoms with van der Waals surface area (Å²) in [4.78, 5) is 0. The Balaban J connectivity index is 2.08. The van der Waals surface area contributed by atoms with Crippen LogP contribution in [0.2, 0.25) is 0 Å². The summed E-state index contributed by atoms with van der Waals surface area (Å²) in [6.45, 7) is 7.09. The van der Waals surface area contributed by atoms with Gasteiger partial charge in [0.15, 0.2) is 0 Å². The number of nitrogens with one attached hydrogen (secondary N) is 1. The molecule has 0 radical (unpaired) electrons. The third kappa shape index (κ3) is 4.03. The minimum atomic E-state index is 0.202. The number of hydrogen-bond acceptors (Lipinski definition) is 3. The van der Waals surface area contributed by atoms with Gasteiger partial charge in [0.1, 0.15) is 0 Å². The predicted octanol–water partition coefficient (Wildman–Crippen LogP) is 2.49. The van der Waals surface area contributed by atoms with Gasteiger partial charge in [-0.2, -0.15) is 0 Å². The Hall–Kier alpha value is -0.900. The normalized spacial score (nSPS) is 18.3. The SMILES string of the molecule is CCOC(C1CC1)C(Cc1cc(C)cc(C)c1)NN. The van der Waals surface area contributed by atoms with Gasteiger partial charge in [-0.05, 0) is 51.5 Å². The third-order valence-electron chi connectivity index (χ3n) is 3.79. The van der Waals surface area contributed by atoms with E-state index < -0.39 is 0 Å². The molecule has 0 amide bonds. The first kappa shape index (κ1) is 14.5. The van der Waals surface area contributed by atoms with E-state index in [9.17, 15) is 0 Å². The second kappa shape index (κ2) is 6.51. The minimum absolute atomic E-state index is 0.202. The maximum absolute atomic E-state index is 5.91. The molecule has 0 aromatic heterocycles. The van der Waals surface area contributed by atoms with E-state index >= 15 is 0 Å². The van der Waals surface area contributed by atoms with E-state index in [2.05, 4.69) is 44.4 Å². The molecule has 2 atom stereocenters. The summed E-state index contributed by atoms with van der Waals surface area (Å²) < 4.78 is 5.91. The van der Waals surface area contributed by atoms with Gasteiger partial charge in [-0.15, -0.1) is 0 Å². The van der Waals surface area contributed by atoms with E-state index in [1.165, 1.54) is 29.5 Å². The molecule has 3 heteroatoms. The number of hydrogen-bond donors (Lipinski definition) is 2. The Morgan fingerprint density at radius 2 is 1.89 bits per heavy atom. The fourth-order valence-corrected chi connectivity index (χ4v) is 2.91. The standard InChI is InChI=1S/C16H26N2O/c1-4-19-16(14-5-6-14)15(18-17)10-13-8-11(2)7-12(3)9-13/h7-9,14-16,18H,4-6,10,17H2,1-3H3. The van der Waals surface area contributed by atoms with E-state index in [-0.39, 0.29) is 12.1 Å². The lowest BCUT2D eigenvalue weighted by atomic mass is 9.96. The second-order valence-electron chi connectivity index (χ2n) is 5.73. The Kier molecular flexibility index (Phi) is 4.97. The van der Waals surface area contributed by atoms with Crippen LogP contribution in [0.4, 0.5) is 0 Å². The lowest BCUT2D eigenvalue weighted by molar-refractivity contribution is 0.0192. The summed E-state index contributed by atoms with van der Waals surface area (Å²) in [5, 5.41) is 0. The van der Waals surface area contributed by atoms with Crippen molar-refractivity contribution in [1.29, 1.82) is 0 Å². The molecule has 1 aromatic carbocycles. The number of ether oxygens (including phenoxy) is 1. The minimum Gasteiger partial charge on any atom is -0.377 e. The third-order valence-corrected chi connectivity index (χ3v) is 3.79. The van der Waals surface area contributed by atoms with Gasteiger partial charge in [-0.1, -0.05) is 29.3 Å². The summed E-state index contributed by atoms with van der Waals surface area (Å²) in [7, 11) is 0. The van der Waals surface area contributed by atoms with Crippen LogP contribution in [-0.2, 0) is 11.2 Å². The molecule has 1 saturated carbocycles.